The highest BCUT2D eigenvalue weighted by Crippen LogP contribution is 2.22. The van der Waals surface area contributed by atoms with Crippen LogP contribution in [-0.2, 0) is 4.79 Å². The van der Waals surface area contributed by atoms with Gasteiger partial charge in [-0.3, -0.25) is 9.69 Å². The van der Waals surface area contributed by atoms with E-state index in [1.54, 1.807) is 29.2 Å². The summed E-state index contributed by atoms with van der Waals surface area (Å²) in [6.07, 6.45) is -1.06. The zero-order chi connectivity index (χ0) is 14.5. The molecule has 1 heterocycles. The summed E-state index contributed by atoms with van der Waals surface area (Å²) in [6, 6.07) is 6.78. The van der Waals surface area contributed by atoms with Crippen LogP contribution >= 0.6 is 11.6 Å². The third-order valence-corrected chi connectivity index (χ3v) is 3.65. The molecule has 1 aromatic carbocycles. The topological polar surface area (TPSA) is 32.3 Å². The highest BCUT2D eigenvalue weighted by Gasteiger charge is 2.27. The quantitative estimate of drug-likeness (QED) is 0.926. The number of nitrogens with one attached hydrogen (secondary N) is 1. The van der Waals surface area contributed by atoms with Gasteiger partial charge < -0.3 is 5.32 Å². The van der Waals surface area contributed by atoms with Crippen molar-refractivity contribution in [2.24, 2.45) is 5.92 Å². The standard InChI is InChI=1S/C14H17ClF2N2O/c15-11-3-5-12(6-4-11)18-13(20)9-19-7-1-2-10(8-19)14(16)17/h3-6,10,14H,1-2,7-9H2,(H,18,20). The summed E-state index contributed by atoms with van der Waals surface area (Å²) in [5.41, 5.74) is 0.654. The minimum atomic E-state index is -2.31. The van der Waals surface area contributed by atoms with E-state index in [4.69, 9.17) is 11.6 Å². The lowest BCUT2D eigenvalue weighted by atomic mass is 9.99. The Morgan fingerprint density at radius 2 is 2.10 bits per heavy atom. The third-order valence-electron chi connectivity index (χ3n) is 3.39. The van der Waals surface area contributed by atoms with E-state index in [-0.39, 0.29) is 19.0 Å². The lowest BCUT2D eigenvalue weighted by Crippen LogP contribution is -2.42. The van der Waals surface area contributed by atoms with E-state index in [0.717, 1.165) is 0 Å². The average Bonchev–Trinajstić information content (AvgIpc) is 2.41. The summed E-state index contributed by atoms with van der Waals surface area (Å²) in [5, 5.41) is 3.33. The Bertz CT molecular complexity index is 453. The molecular weight excluding hydrogens is 286 g/mol. The van der Waals surface area contributed by atoms with Gasteiger partial charge in [-0.2, -0.15) is 0 Å². The number of carbonyl (C=O) groups excluding carboxylic acids is 1. The fourth-order valence-corrected chi connectivity index (χ4v) is 2.50. The van der Waals surface area contributed by atoms with Gasteiger partial charge in [0.05, 0.1) is 6.54 Å². The minimum absolute atomic E-state index is 0.145. The molecule has 0 radical (unpaired) electrons. The van der Waals surface area contributed by atoms with E-state index >= 15 is 0 Å². The number of hydrogen-bond acceptors (Lipinski definition) is 2. The SMILES string of the molecule is O=C(CN1CCCC(C(F)F)C1)Nc1ccc(Cl)cc1. The molecule has 6 heteroatoms. The predicted molar refractivity (Wildman–Crippen MR) is 75.2 cm³/mol. The van der Waals surface area contributed by atoms with Crippen molar-refractivity contribution >= 4 is 23.2 Å². The van der Waals surface area contributed by atoms with Crippen LogP contribution in [0.5, 0.6) is 0 Å². The molecule has 1 saturated heterocycles. The Morgan fingerprint density at radius 3 is 2.75 bits per heavy atom. The van der Waals surface area contributed by atoms with Crippen LogP contribution in [0, 0.1) is 5.92 Å². The number of rotatable bonds is 4. The Balaban J connectivity index is 1.83. The zero-order valence-corrected chi connectivity index (χ0v) is 11.7. The fourth-order valence-electron chi connectivity index (χ4n) is 2.38. The summed E-state index contributed by atoms with van der Waals surface area (Å²) < 4.78 is 25.4. The van der Waals surface area contributed by atoms with Crippen molar-refractivity contribution < 1.29 is 13.6 Å². The molecular formula is C14H17ClF2N2O. The number of amides is 1. The number of alkyl halides is 2. The number of benzene rings is 1. The van der Waals surface area contributed by atoms with E-state index < -0.39 is 12.3 Å². The lowest BCUT2D eigenvalue weighted by Gasteiger charge is -2.31. The largest absolute Gasteiger partial charge is 0.325 e. The summed E-state index contributed by atoms with van der Waals surface area (Å²) in [4.78, 5) is 13.7. The predicted octanol–water partition coefficient (Wildman–Crippen LogP) is 3.26. The van der Waals surface area contributed by atoms with Gasteiger partial charge in [0.25, 0.3) is 0 Å². The first kappa shape index (κ1) is 15.2. The average molecular weight is 303 g/mol. The summed E-state index contributed by atoms with van der Waals surface area (Å²) in [5.74, 6) is -0.811. The van der Waals surface area contributed by atoms with Crippen molar-refractivity contribution in [3.05, 3.63) is 29.3 Å². The Kier molecular flexibility index (Phi) is 5.31. The van der Waals surface area contributed by atoms with Crippen LogP contribution in [0.15, 0.2) is 24.3 Å². The molecule has 0 spiro atoms. The van der Waals surface area contributed by atoms with Crippen LogP contribution in [0.3, 0.4) is 0 Å². The third kappa shape index (κ3) is 4.42. The summed E-state index contributed by atoms with van der Waals surface area (Å²) >= 11 is 5.76. The molecule has 1 amide bonds. The van der Waals surface area contributed by atoms with Crippen molar-refractivity contribution in [1.29, 1.82) is 0 Å². The molecule has 1 aliphatic heterocycles. The Morgan fingerprint density at radius 1 is 1.40 bits per heavy atom. The second-order valence-corrected chi connectivity index (χ2v) is 5.46. The van der Waals surface area contributed by atoms with Gasteiger partial charge in [-0.05, 0) is 43.7 Å². The molecule has 1 aromatic rings. The Hall–Kier alpha value is -1.20. The van der Waals surface area contributed by atoms with Crippen LogP contribution in [0.25, 0.3) is 0 Å². The number of anilines is 1. The number of hydrogen-bond donors (Lipinski definition) is 1. The number of nitrogens with zero attached hydrogens (tertiary/aromatic N) is 1. The second-order valence-electron chi connectivity index (χ2n) is 5.03. The zero-order valence-electron chi connectivity index (χ0n) is 11.0. The second kappa shape index (κ2) is 6.99. The van der Waals surface area contributed by atoms with Crippen molar-refractivity contribution in [3.8, 4) is 0 Å². The van der Waals surface area contributed by atoms with Crippen molar-refractivity contribution in [2.45, 2.75) is 19.3 Å². The molecule has 1 atom stereocenters. The van der Waals surface area contributed by atoms with Crippen molar-refractivity contribution in [3.63, 3.8) is 0 Å². The van der Waals surface area contributed by atoms with Gasteiger partial charge in [-0.1, -0.05) is 11.6 Å². The number of likely N-dealkylation sites (tertiary alicyclic amines) is 1. The molecule has 1 unspecified atom stereocenters. The van der Waals surface area contributed by atoms with Gasteiger partial charge in [0.2, 0.25) is 12.3 Å². The van der Waals surface area contributed by atoms with Gasteiger partial charge >= 0.3 is 0 Å². The lowest BCUT2D eigenvalue weighted by molar-refractivity contribution is -0.118. The first-order chi connectivity index (χ1) is 9.54. The van der Waals surface area contributed by atoms with Gasteiger partial charge in [-0.25, -0.2) is 8.78 Å². The molecule has 0 aliphatic carbocycles. The molecule has 3 nitrogen and oxygen atoms in total. The van der Waals surface area contributed by atoms with Crippen LogP contribution in [0.2, 0.25) is 5.02 Å². The molecule has 1 fully saturated rings. The monoisotopic (exact) mass is 302 g/mol. The number of halogens is 3. The van der Waals surface area contributed by atoms with E-state index in [9.17, 15) is 13.6 Å². The molecule has 1 aliphatic rings. The van der Waals surface area contributed by atoms with Gasteiger partial charge in [0.15, 0.2) is 0 Å². The fraction of sp³-hybridized carbons (Fsp3) is 0.500. The van der Waals surface area contributed by atoms with Crippen LogP contribution in [0.1, 0.15) is 12.8 Å². The first-order valence-electron chi connectivity index (χ1n) is 6.60. The van der Waals surface area contributed by atoms with Crippen molar-refractivity contribution in [1.82, 2.24) is 4.90 Å². The smallest absolute Gasteiger partial charge is 0.242 e. The first-order valence-corrected chi connectivity index (χ1v) is 6.98. The van der Waals surface area contributed by atoms with Crippen LogP contribution in [0.4, 0.5) is 14.5 Å². The maximum Gasteiger partial charge on any atom is 0.242 e. The van der Waals surface area contributed by atoms with Gasteiger partial charge in [-0.15, -0.1) is 0 Å². The number of carbonyl (C=O) groups is 1. The van der Waals surface area contributed by atoms with Crippen molar-refractivity contribution in [2.75, 3.05) is 25.0 Å². The van der Waals surface area contributed by atoms with E-state index in [1.807, 2.05) is 0 Å². The van der Waals surface area contributed by atoms with Crippen LogP contribution < -0.4 is 5.32 Å². The Labute approximate surface area is 121 Å². The number of piperidine rings is 1. The molecule has 0 saturated carbocycles. The van der Waals surface area contributed by atoms with Crippen LogP contribution in [-0.4, -0.2) is 36.9 Å². The van der Waals surface area contributed by atoms with E-state index in [1.165, 1.54) is 0 Å². The molecule has 0 aromatic heterocycles. The van der Waals surface area contributed by atoms with Gasteiger partial charge in [0, 0.05) is 23.2 Å². The molecule has 0 bridgehead atoms. The van der Waals surface area contributed by atoms with Gasteiger partial charge in [0.1, 0.15) is 0 Å². The maximum atomic E-state index is 12.7. The maximum absolute atomic E-state index is 12.7. The minimum Gasteiger partial charge on any atom is -0.325 e. The molecule has 1 N–H and O–H groups in total. The van der Waals surface area contributed by atoms with E-state index in [0.29, 0.717) is 30.1 Å². The summed E-state index contributed by atoms with van der Waals surface area (Å²) in [7, 11) is 0. The highest BCUT2D eigenvalue weighted by atomic mass is 35.5. The summed E-state index contributed by atoms with van der Waals surface area (Å²) in [6.45, 7) is 1.12. The molecule has 20 heavy (non-hydrogen) atoms. The molecule has 2 rings (SSSR count). The normalized spacial score (nSPS) is 20.1. The van der Waals surface area contributed by atoms with E-state index in [2.05, 4.69) is 5.32 Å². The molecule has 110 valence electrons. The highest BCUT2D eigenvalue weighted by molar-refractivity contribution is 6.30.